The van der Waals surface area contributed by atoms with Crippen LogP contribution in [0, 0.1) is 5.92 Å². The Kier molecular flexibility index (Phi) is 3.08. The first-order valence-corrected chi connectivity index (χ1v) is 5.16. The standard InChI is InChI=1S/C7H16O3S/c1-5-7(4,6(2)3)11(8,9)10/h6H,5H2,1-4H3,(H,8,9,10). The Bertz CT molecular complexity index is 218. The Balaban J connectivity index is 4.92. The Labute approximate surface area is 68.6 Å². The van der Waals surface area contributed by atoms with Gasteiger partial charge in [0.25, 0.3) is 10.1 Å². The zero-order valence-electron chi connectivity index (χ0n) is 7.46. The maximum Gasteiger partial charge on any atom is 0.270 e. The molecular weight excluding hydrogens is 164 g/mol. The summed E-state index contributed by atoms with van der Waals surface area (Å²) in [5.74, 6) is -0.0671. The van der Waals surface area contributed by atoms with Gasteiger partial charge in [0.1, 0.15) is 0 Å². The SMILES string of the molecule is CCC(C)(C(C)C)S(=O)(=O)O. The molecule has 0 saturated carbocycles. The molecule has 0 aliphatic carbocycles. The molecule has 0 heterocycles. The molecule has 4 heteroatoms. The summed E-state index contributed by atoms with van der Waals surface area (Å²) in [6, 6.07) is 0. The van der Waals surface area contributed by atoms with E-state index in [1.165, 1.54) is 0 Å². The average Bonchev–Trinajstić information content (AvgIpc) is 1.83. The summed E-state index contributed by atoms with van der Waals surface area (Å²) in [5.41, 5.74) is 0. The summed E-state index contributed by atoms with van der Waals surface area (Å²) in [7, 11) is -3.91. The van der Waals surface area contributed by atoms with Gasteiger partial charge in [-0.05, 0) is 19.3 Å². The van der Waals surface area contributed by atoms with Crippen molar-refractivity contribution in [2.24, 2.45) is 5.92 Å². The van der Waals surface area contributed by atoms with Crippen LogP contribution in [0.5, 0.6) is 0 Å². The quantitative estimate of drug-likeness (QED) is 0.672. The number of rotatable bonds is 3. The van der Waals surface area contributed by atoms with Crippen molar-refractivity contribution in [3.8, 4) is 0 Å². The van der Waals surface area contributed by atoms with Gasteiger partial charge >= 0.3 is 0 Å². The minimum absolute atomic E-state index is 0.0671. The van der Waals surface area contributed by atoms with Gasteiger partial charge in [-0.1, -0.05) is 20.8 Å². The minimum atomic E-state index is -3.91. The first-order chi connectivity index (χ1) is 4.75. The van der Waals surface area contributed by atoms with Gasteiger partial charge in [0.15, 0.2) is 0 Å². The average molecular weight is 180 g/mol. The van der Waals surface area contributed by atoms with Crippen LogP contribution in [0.3, 0.4) is 0 Å². The predicted octanol–water partition coefficient (Wildman–Crippen LogP) is 1.70. The van der Waals surface area contributed by atoms with Crippen LogP contribution in [0.1, 0.15) is 34.1 Å². The Hall–Kier alpha value is -0.0900. The first-order valence-electron chi connectivity index (χ1n) is 3.72. The molecule has 0 aromatic rings. The fourth-order valence-electron chi connectivity index (χ4n) is 0.889. The van der Waals surface area contributed by atoms with Crippen LogP contribution in [-0.2, 0) is 10.1 Å². The Morgan fingerprint density at radius 2 is 1.82 bits per heavy atom. The molecule has 0 aromatic heterocycles. The molecule has 0 fully saturated rings. The third-order valence-electron chi connectivity index (χ3n) is 2.51. The van der Waals surface area contributed by atoms with E-state index < -0.39 is 14.9 Å². The van der Waals surface area contributed by atoms with Crippen molar-refractivity contribution < 1.29 is 13.0 Å². The van der Waals surface area contributed by atoms with E-state index in [4.69, 9.17) is 4.55 Å². The zero-order valence-corrected chi connectivity index (χ0v) is 8.27. The molecule has 0 bridgehead atoms. The van der Waals surface area contributed by atoms with E-state index in [9.17, 15) is 8.42 Å². The first kappa shape index (κ1) is 10.9. The lowest BCUT2D eigenvalue weighted by Crippen LogP contribution is -2.39. The molecule has 0 rings (SSSR count). The van der Waals surface area contributed by atoms with E-state index in [-0.39, 0.29) is 5.92 Å². The Morgan fingerprint density at radius 3 is 1.82 bits per heavy atom. The van der Waals surface area contributed by atoms with E-state index in [1.54, 1.807) is 27.7 Å². The highest BCUT2D eigenvalue weighted by molar-refractivity contribution is 7.87. The van der Waals surface area contributed by atoms with Crippen molar-refractivity contribution in [3.05, 3.63) is 0 Å². The third-order valence-corrected chi connectivity index (χ3v) is 4.45. The smallest absolute Gasteiger partial charge is 0.270 e. The van der Waals surface area contributed by atoms with Gasteiger partial charge in [-0.2, -0.15) is 8.42 Å². The van der Waals surface area contributed by atoms with Gasteiger partial charge in [0.05, 0.1) is 4.75 Å². The molecule has 0 aliphatic heterocycles. The molecule has 3 nitrogen and oxygen atoms in total. The lowest BCUT2D eigenvalue weighted by molar-refractivity contribution is 0.366. The van der Waals surface area contributed by atoms with E-state index in [0.717, 1.165) is 0 Å². The van der Waals surface area contributed by atoms with Crippen LogP contribution in [0.15, 0.2) is 0 Å². The fourth-order valence-corrected chi connectivity index (χ4v) is 1.85. The van der Waals surface area contributed by atoms with E-state index >= 15 is 0 Å². The molecule has 1 unspecified atom stereocenters. The maximum absolute atomic E-state index is 10.9. The molecule has 0 aromatic carbocycles. The van der Waals surface area contributed by atoms with Crippen molar-refractivity contribution in [2.75, 3.05) is 0 Å². The molecule has 68 valence electrons. The fraction of sp³-hybridized carbons (Fsp3) is 1.00. The van der Waals surface area contributed by atoms with Crippen LogP contribution in [0.4, 0.5) is 0 Å². The van der Waals surface area contributed by atoms with Gasteiger partial charge in [-0.25, -0.2) is 0 Å². The van der Waals surface area contributed by atoms with Crippen LogP contribution in [-0.4, -0.2) is 17.7 Å². The van der Waals surface area contributed by atoms with Crippen LogP contribution in [0.2, 0.25) is 0 Å². The lowest BCUT2D eigenvalue weighted by Gasteiger charge is -2.28. The summed E-state index contributed by atoms with van der Waals surface area (Å²) >= 11 is 0. The second-order valence-electron chi connectivity index (χ2n) is 3.30. The molecule has 0 aliphatic rings. The summed E-state index contributed by atoms with van der Waals surface area (Å²) in [6.45, 7) is 6.90. The van der Waals surface area contributed by atoms with Crippen molar-refractivity contribution >= 4 is 10.1 Å². The van der Waals surface area contributed by atoms with Crippen LogP contribution < -0.4 is 0 Å². The zero-order chi connectivity index (χ0) is 9.28. The largest absolute Gasteiger partial charge is 0.285 e. The van der Waals surface area contributed by atoms with Crippen LogP contribution in [0.25, 0.3) is 0 Å². The van der Waals surface area contributed by atoms with Gasteiger partial charge < -0.3 is 0 Å². The molecule has 1 atom stereocenters. The van der Waals surface area contributed by atoms with Crippen molar-refractivity contribution in [3.63, 3.8) is 0 Å². The van der Waals surface area contributed by atoms with Gasteiger partial charge in [-0.15, -0.1) is 0 Å². The summed E-state index contributed by atoms with van der Waals surface area (Å²) in [5, 5.41) is 0. The normalized spacial score (nSPS) is 18.4. The highest BCUT2D eigenvalue weighted by Crippen LogP contribution is 2.28. The third kappa shape index (κ3) is 1.93. The summed E-state index contributed by atoms with van der Waals surface area (Å²) < 4.78 is 29.6. The topological polar surface area (TPSA) is 54.4 Å². The summed E-state index contributed by atoms with van der Waals surface area (Å²) in [4.78, 5) is 0. The molecule has 11 heavy (non-hydrogen) atoms. The number of hydrogen-bond acceptors (Lipinski definition) is 2. The van der Waals surface area contributed by atoms with E-state index in [2.05, 4.69) is 0 Å². The predicted molar refractivity (Wildman–Crippen MR) is 45.1 cm³/mol. The van der Waals surface area contributed by atoms with Gasteiger partial charge in [0, 0.05) is 0 Å². The highest BCUT2D eigenvalue weighted by atomic mass is 32.2. The highest BCUT2D eigenvalue weighted by Gasteiger charge is 2.39. The lowest BCUT2D eigenvalue weighted by atomic mass is 9.94. The van der Waals surface area contributed by atoms with Gasteiger partial charge in [0.2, 0.25) is 0 Å². The molecular formula is C7H16O3S. The van der Waals surface area contributed by atoms with Crippen molar-refractivity contribution in [1.29, 1.82) is 0 Å². The second-order valence-corrected chi connectivity index (χ2v) is 5.18. The molecule has 0 radical (unpaired) electrons. The monoisotopic (exact) mass is 180 g/mol. The molecule has 0 amide bonds. The molecule has 0 saturated heterocycles. The van der Waals surface area contributed by atoms with Crippen molar-refractivity contribution in [2.45, 2.75) is 38.9 Å². The van der Waals surface area contributed by atoms with E-state index in [0.29, 0.717) is 6.42 Å². The van der Waals surface area contributed by atoms with Gasteiger partial charge in [-0.3, -0.25) is 4.55 Å². The van der Waals surface area contributed by atoms with E-state index in [1.807, 2.05) is 0 Å². The second kappa shape index (κ2) is 3.11. The molecule has 1 N–H and O–H groups in total. The minimum Gasteiger partial charge on any atom is -0.285 e. The van der Waals surface area contributed by atoms with Crippen LogP contribution >= 0.6 is 0 Å². The summed E-state index contributed by atoms with van der Waals surface area (Å²) in [6.07, 6.45) is 0.434. The maximum atomic E-state index is 10.9. The Morgan fingerprint density at radius 1 is 1.45 bits per heavy atom. The molecule has 0 spiro atoms. The number of hydrogen-bond donors (Lipinski definition) is 1. The van der Waals surface area contributed by atoms with Crippen molar-refractivity contribution in [1.82, 2.24) is 0 Å².